The third-order valence-electron chi connectivity index (χ3n) is 3.25. The number of carboxylic acid groups (broad SMARTS) is 1. The molecule has 104 valence electrons. The number of likely N-dealkylation sites (tertiary alicyclic amines) is 1. The Hall–Kier alpha value is -1.40. The normalized spacial score (nSPS) is 16.3. The van der Waals surface area contributed by atoms with Crippen LogP contribution in [0.3, 0.4) is 0 Å². The summed E-state index contributed by atoms with van der Waals surface area (Å²) >= 11 is 1.14. The number of nitrogens with zero attached hydrogens (tertiary/aromatic N) is 1. The number of anilines is 1. The number of piperidine rings is 1. The Labute approximate surface area is 116 Å². The minimum Gasteiger partial charge on any atom is -0.477 e. The first-order valence-corrected chi connectivity index (χ1v) is 7.29. The molecule has 1 aliphatic heterocycles. The number of aryl methyl sites for hydroxylation is 1. The van der Waals surface area contributed by atoms with E-state index in [2.05, 4.69) is 10.2 Å². The summed E-state index contributed by atoms with van der Waals surface area (Å²) in [5, 5.41) is 13.5. The van der Waals surface area contributed by atoms with Crippen molar-refractivity contribution >= 4 is 28.9 Å². The maximum atomic E-state index is 12.0. The zero-order valence-corrected chi connectivity index (χ0v) is 11.8. The fourth-order valence-corrected chi connectivity index (χ4v) is 3.10. The van der Waals surface area contributed by atoms with Crippen LogP contribution in [0.2, 0.25) is 0 Å². The Morgan fingerprint density at radius 3 is 2.68 bits per heavy atom. The molecule has 1 aliphatic rings. The van der Waals surface area contributed by atoms with Gasteiger partial charge in [0.1, 0.15) is 4.88 Å². The summed E-state index contributed by atoms with van der Waals surface area (Å²) in [6, 6.07) is 0. The Bertz CT molecular complexity index is 478. The maximum absolute atomic E-state index is 12.0. The highest BCUT2D eigenvalue weighted by Crippen LogP contribution is 2.27. The van der Waals surface area contributed by atoms with Crippen LogP contribution >= 0.6 is 11.3 Å². The average Bonchev–Trinajstić information content (AvgIpc) is 2.72. The molecule has 1 amide bonds. The summed E-state index contributed by atoms with van der Waals surface area (Å²) in [7, 11) is 0. The number of carbonyl (C=O) groups is 2. The number of amides is 1. The van der Waals surface area contributed by atoms with Crippen molar-refractivity contribution in [3.63, 3.8) is 0 Å². The van der Waals surface area contributed by atoms with Crippen LogP contribution in [-0.2, 0) is 4.79 Å². The number of hydrogen-bond acceptors (Lipinski definition) is 4. The number of carbonyl (C=O) groups excluding carboxylic acids is 1. The summed E-state index contributed by atoms with van der Waals surface area (Å²) in [5.74, 6) is -1.13. The Balaban J connectivity index is 1.98. The van der Waals surface area contributed by atoms with Gasteiger partial charge >= 0.3 is 5.97 Å². The second-order valence-electron chi connectivity index (χ2n) is 4.81. The Morgan fingerprint density at radius 1 is 1.37 bits per heavy atom. The van der Waals surface area contributed by atoms with E-state index in [9.17, 15) is 9.59 Å². The average molecular weight is 282 g/mol. The molecule has 19 heavy (non-hydrogen) atoms. The van der Waals surface area contributed by atoms with E-state index in [1.165, 1.54) is 6.42 Å². The van der Waals surface area contributed by atoms with Gasteiger partial charge in [-0.2, -0.15) is 0 Å². The molecule has 5 nitrogen and oxygen atoms in total. The van der Waals surface area contributed by atoms with Gasteiger partial charge in [0.25, 0.3) is 0 Å². The smallest absolute Gasteiger partial charge is 0.348 e. The van der Waals surface area contributed by atoms with E-state index in [-0.39, 0.29) is 10.8 Å². The van der Waals surface area contributed by atoms with Gasteiger partial charge in [0.05, 0.1) is 12.2 Å². The topological polar surface area (TPSA) is 69.6 Å². The SMILES string of the molecule is Cc1csc(C(=O)O)c1NC(=O)CN1CCCCC1. The zero-order chi connectivity index (χ0) is 13.8. The third-order valence-corrected chi connectivity index (χ3v) is 4.34. The van der Waals surface area contributed by atoms with Gasteiger partial charge in [-0.3, -0.25) is 9.69 Å². The molecule has 2 rings (SSSR count). The number of carboxylic acids is 1. The van der Waals surface area contributed by atoms with Crippen LogP contribution in [0.1, 0.15) is 34.5 Å². The molecule has 0 aliphatic carbocycles. The molecule has 1 aromatic heterocycles. The largest absolute Gasteiger partial charge is 0.477 e. The van der Waals surface area contributed by atoms with Crippen molar-refractivity contribution in [1.82, 2.24) is 4.90 Å². The molecule has 0 saturated carbocycles. The van der Waals surface area contributed by atoms with Crippen LogP contribution < -0.4 is 5.32 Å². The molecule has 0 bridgehead atoms. The fraction of sp³-hybridized carbons (Fsp3) is 0.538. The lowest BCUT2D eigenvalue weighted by Crippen LogP contribution is -2.37. The minimum atomic E-state index is -0.994. The summed E-state index contributed by atoms with van der Waals surface area (Å²) in [4.78, 5) is 25.3. The number of aromatic carboxylic acids is 1. The van der Waals surface area contributed by atoms with Gasteiger partial charge in [-0.25, -0.2) is 4.79 Å². The van der Waals surface area contributed by atoms with E-state index in [0.717, 1.165) is 42.8 Å². The molecular weight excluding hydrogens is 264 g/mol. The first-order chi connectivity index (χ1) is 9.08. The van der Waals surface area contributed by atoms with Crippen molar-refractivity contribution < 1.29 is 14.7 Å². The molecule has 1 fully saturated rings. The molecule has 1 saturated heterocycles. The second kappa shape index (κ2) is 6.16. The van der Waals surface area contributed by atoms with Crippen molar-refractivity contribution in [2.24, 2.45) is 0 Å². The first-order valence-electron chi connectivity index (χ1n) is 6.41. The molecule has 1 aromatic rings. The molecule has 2 heterocycles. The quantitative estimate of drug-likeness (QED) is 0.888. The van der Waals surface area contributed by atoms with Gasteiger partial charge in [0, 0.05) is 0 Å². The number of thiophene rings is 1. The van der Waals surface area contributed by atoms with Crippen LogP contribution in [0.25, 0.3) is 0 Å². The molecular formula is C13H18N2O3S. The zero-order valence-electron chi connectivity index (χ0n) is 10.9. The number of rotatable bonds is 4. The van der Waals surface area contributed by atoms with E-state index in [4.69, 9.17) is 5.11 Å². The van der Waals surface area contributed by atoms with Gasteiger partial charge in [0.15, 0.2) is 0 Å². The summed E-state index contributed by atoms with van der Waals surface area (Å²) in [6.45, 7) is 4.04. The molecule has 0 radical (unpaired) electrons. The fourth-order valence-electron chi connectivity index (χ4n) is 2.26. The molecule has 0 atom stereocenters. The van der Waals surface area contributed by atoms with Gasteiger partial charge in [0.2, 0.25) is 5.91 Å². The van der Waals surface area contributed by atoms with Gasteiger partial charge in [-0.05, 0) is 43.8 Å². The number of nitrogens with one attached hydrogen (secondary N) is 1. The van der Waals surface area contributed by atoms with E-state index >= 15 is 0 Å². The predicted octanol–water partition coefficient (Wildman–Crippen LogP) is 2.18. The van der Waals surface area contributed by atoms with Crippen LogP contribution in [0.15, 0.2) is 5.38 Å². The molecule has 6 heteroatoms. The van der Waals surface area contributed by atoms with Crippen LogP contribution in [-0.4, -0.2) is 41.5 Å². The van der Waals surface area contributed by atoms with Crippen molar-refractivity contribution in [2.75, 3.05) is 25.0 Å². The van der Waals surface area contributed by atoms with Crippen LogP contribution in [0.5, 0.6) is 0 Å². The lowest BCUT2D eigenvalue weighted by Gasteiger charge is -2.25. The van der Waals surface area contributed by atoms with E-state index in [1.807, 2.05) is 0 Å². The van der Waals surface area contributed by atoms with E-state index < -0.39 is 5.97 Å². The van der Waals surface area contributed by atoms with Crippen LogP contribution in [0, 0.1) is 6.92 Å². The first kappa shape index (κ1) is 14.0. The molecule has 0 aromatic carbocycles. The summed E-state index contributed by atoms with van der Waals surface area (Å²) in [6.07, 6.45) is 3.49. The molecule has 2 N–H and O–H groups in total. The highest BCUT2D eigenvalue weighted by Gasteiger charge is 2.19. The van der Waals surface area contributed by atoms with Gasteiger partial charge < -0.3 is 10.4 Å². The second-order valence-corrected chi connectivity index (χ2v) is 5.69. The van der Waals surface area contributed by atoms with Crippen molar-refractivity contribution in [3.05, 3.63) is 15.8 Å². The lowest BCUT2D eigenvalue weighted by molar-refractivity contribution is -0.117. The Kier molecular flexibility index (Phi) is 4.55. The van der Waals surface area contributed by atoms with Crippen LogP contribution in [0.4, 0.5) is 5.69 Å². The summed E-state index contributed by atoms with van der Waals surface area (Å²) < 4.78 is 0. The molecule has 0 spiro atoms. The van der Waals surface area contributed by atoms with E-state index in [1.54, 1.807) is 12.3 Å². The maximum Gasteiger partial charge on any atom is 0.348 e. The van der Waals surface area contributed by atoms with Crippen molar-refractivity contribution in [3.8, 4) is 0 Å². The monoisotopic (exact) mass is 282 g/mol. The summed E-state index contributed by atoms with van der Waals surface area (Å²) in [5.41, 5.74) is 1.24. The highest BCUT2D eigenvalue weighted by atomic mass is 32.1. The minimum absolute atomic E-state index is 0.133. The van der Waals surface area contributed by atoms with Crippen molar-refractivity contribution in [1.29, 1.82) is 0 Å². The standard InChI is InChI=1S/C13H18N2O3S/c1-9-8-19-12(13(17)18)11(9)14-10(16)7-15-5-3-2-4-6-15/h8H,2-7H2,1H3,(H,14,16)(H,17,18). The predicted molar refractivity (Wildman–Crippen MR) is 74.9 cm³/mol. The van der Waals surface area contributed by atoms with E-state index in [0.29, 0.717) is 12.2 Å². The molecule has 0 unspecified atom stereocenters. The highest BCUT2D eigenvalue weighted by molar-refractivity contribution is 7.12. The Morgan fingerprint density at radius 2 is 2.05 bits per heavy atom. The van der Waals surface area contributed by atoms with Gasteiger partial charge in [-0.15, -0.1) is 11.3 Å². The van der Waals surface area contributed by atoms with Gasteiger partial charge in [-0.1, -0.05) is 6.42 Å². The number of hydrogen-bond donors (Lipinski definition) is 2. The third kappa shape index (κ3) is 3.54. The lowest BCUT2D eigenvalue weighted by atomic mass is 10.1. The van der Waals surface area contributed by atoms with Crippen molar-refractivity contribution in [2.45, 2.75) is 26.2 Å².